The van der Waals surface area contributed by atoms with E-state index in [1.165, 1.54) is 12.1 Å². The lowest BCUT2D eigenvalue weighted by atomic mass is 9.85. The predicted octanol–water partition coefficient (Wildman–Crippen LogP) is 3.53. The zero-order valence-corrected chi connectivity index (χ0v) is 11.2. The van der Waals surface area contributed by atoms with Gasteiger partial charge in [-0.1, -0.05) is 39.0 Å². The second-order valence-electron chi connectivity index (χ2n) is 5.57. The highest BCUT2D eigenvalue weighted by Gasteiger charge is 2.33. The zero-order chi connectivity index (χ0) is 14.7. The Morgan fingerprint density at radius 2 is 1.79 bits per heavy atom. The molecule has 3 nitrogen and oxygen atoms in total. The van der Waals surface area contributed by atoms with Crippen LogP contribution in [0.15, 0.2) is 24.3 Å². The number of alkyl halides is 3. The van der Waals surface area contributed by atoms with Gasteiger partial charge >= 0.3 is 6.36 Å². The van der Waals surface area contributed by atoms with Crippen LogP contribution in [0, 0.1) is 5.41 Å². The van der Waals surface area contributed by atoms with Crippen molar-refractivity contribution >= 4 is 0 Å². The van der Waals surface area contributed by atoms with E-state index in [9.17, 15) is 13.2 Å². The first-order valence-electron chi connectivity index (χ1n) is 5.93. The molecule has 1 unspecified atom stereocenters. The number of rotatable bonds is 4. The molecule has 1 aromatic rings. The topological polar surface area (TPSA) is 47.3 Å². The zero-order valence-electron chi connectivity index (χ0n) is 11.2. The van der Waals surface area contributed by atoms with E-state index >= 15 is 0 Å². The van der Waals surface area contributed by atoms with Crippen LogP contribution >= 0.6 is 0 Å². The summed E-state index contributed by atoms with van der Waals surface area (Å²) < 4.78 is 41.1. The van der Waals surface area contributed by atoms with Crippen LogP contribution in [0.1, 0.15) is 38.8 Å². The Hall–Kier alpha value is -1.27. The summed E-state index contributed by atoms with van der Waals surface area (Å²) in [5, 5.41) is 0. The lowest BCUT2D eigenvalue weighted by molar-refractivity contribution is -0.275. The minimum absolute atomic E-state index is 0.0810. The lowest BCUT2D eigenvalue weighted by Crippen LogP contribution is -2.32. The third kappa shape index (κ3) is 5.48. The molecule has 0 fully saturated rings. The van der Waals surface area contributed by atoms with Gasteiger partial charge < -0.3 is 4.74 Å². The standard InChI is InChI=1S/C13H19F3N2O/c1-12(2,3)8-10(18-17)9-6-4-5-7-11(9)19-13(14,15)16/h4-7,10,18H,8,17H2,1-3H3. The number of halogens is 3. The summed E-state index contributed by atoms with van der Waals surface area (Å²) in [6.45, 7) is 5.97. The minimum Gasteiger partial charge on any atom is -0.405 e. The van der Waals surface area contributed by atoms with Crippen molar-refractivity contribution in [2.24, 2.45) is 11.3 Å². The predicted molar refractivity (Wildman–Crippen MR) is 67.3 cm³/mol. The van der Waals surface area contributed by atoms with E-state index in [1.54, 1.807) is 12.1 Å². The molecule has 108 valence electrons. The fourth-order valence-corrected chi connectivity index (χ4v) is 1.86. The van der Waals surface area contributed by atoms with Crippen molar-refractivity contribution in [2.75, 3.05) is 0 Å². The van der Waals surface area contributed by atoms with Gasteiger partial charge in [0.2, 0.25) is 0 Å². The third-order valence-electron chi connectivity index (χ3n) is 2.54. The van der Waals surface area contributed by atoms with Gasteiger partial charge in [0.15, 0.2) is 0 Å². The molecule has 1 rings (SSSR count). The molecule has 0 saturated carbocycles. The van der Waals surface area contributed by atoms with Crippen LogP contribution in [0.25, 0.3) is 0 Å². The Kier molecular flexibility index (Phi) is 4.81. The van der Waals surface area contributed by atoms with Crippen molar-refractivity contribution in [3.63, 3.8) is 0 Å². The van der Waals surface area contributed by atoms with Crippen molar-refractivity contribution in [2.45, 2.75) is 39.6 Å². The molecule has 0 aliphatic heterocycles. The number of nitrogens with one attached hydrogen (secondary N) is 1. The largest absolute Gasteiger partial charge is 0.573 e. The van der Waals surface area contributed by atoms with Crippen LogP contribution < -0.4 is 16.0 Å². The molecule has 3 N–H and O–H groups in total. The monoisotopic (exact) mass is 276 g/mol. The summed E-state index contributed by atoms with van der Waals surface area (Å²) in [4.78, 5) is 0. The highest BCUT2D eigenvalue weighted by molar-refractivity contribution is 5.36. The second kappa shape index (κ2) is 5.79. The molecule has 0 bridgehead atoms. The van der Waals surface area contributed by atoms with Crippen molar-refractivity contribution < 1.29 is 17.9 Å². The van der Waals surface area contributed by atoms with E-state index in [0.29, 0.717) is 12.0 Å². The van der Waals surface area contributed by atoms with Gasteiger partial charge in [-0.3, -0.25) is 11.3 Å². The fourth-order valence-electron chi connectivity index (χ4n) is 1.86. The number of nitrogens with two attached hydrogens (primary N) is 1. The quantitative estimate of drug-likeness (QED) is 0.653. The van der Waals surface area contributed by atoms with Gasteiger partial charge in [0.1, 0.15) is 5.75 Å². The Balaban J connectivity index is 3.03. The molecule has 0 heterocycles. The average Bonchev–Trinajstić information content (AvgIpc) is 2.23. The highest BCUT2D eigenvalue weighted by atomic mass is 19.4. The summed E-state index contributed by atoms with van der Waals surface area (Å²) in [5.41, 5.74) is 2.87. The maximum atomic E-state index is 12.4. The van der Waals surface area contributed by atoms with Gasteiger partial charge in [-0.2, -0.15) is 0 Å². The average molecular weight is 276 g/mol. The summed E-state index contributed by atoms with van der Waals surface area (Å²) in [6, 6.07) is 5.62. The molecule has 0 aliphatic carbocycles. The van der Waals surface area contributed by atoms with Gasteiger partial charge in [-0.15, -0.1) is 13.2 Å². The van der Waals surface area contributed by atoms with E-state index < -0.39 is 12.4 Å². The van der Waals surface area contributed by atoms with Gasteiger partial charge in [0, 0.05) is 5.56 Å². The number of hydrazine groups is 1. The third-order valence-corrected chi connectivity index (χ3v) is 2.54. The first kappa shape index (κ1) is 15.8. The summed E-state index contributed by atoms with van der Waals surface area (Å²) in [6.07, 6.45) is -4.13. The first-order valence-corrected chi connectivity index (χ1v) is 5.93. The number of benzene rings is 1. The smallest absolute Gasteiger partial charge is 0.405 e. The first-order chi connectivity index (χ1) is 8.62. The molecular weight excluding hydrogens is 257 g/mol. The van der Waals surface area contributed by atoms with E-state index in [1.807, 2.05) is 20.8 Å². The van der Waals surface area contributed by atoms with Gasteiger partial charge in [0.25, 0.3) is 0 Å². The SMILES string of the molecule is CC(C)(C)CC(NN)c1ccccc1OC(F)(F)F. The summed E-state index contributed by atoms with van der Waals surface area (Å²) >= 11 is 0. The van der Waals surface area contributed by atoms with Crippen LogP contribution in [0.4, 0.5) is 13.2 Å². The second-order valence-corrected chi connectivity index (χ2v) is 5.57. The molecule has 0 radical (unpaired) electrons. The number of hydrogen-bond acceptors (Lipinski definition) is 3. The summed E-state index contributed by atoms with van der Waals surface area (Å²) in [5.74, 6) is 5.24. The molecule has 0 aliphatic rings. The molecule has 1 aromatic carbocycles. The van der Waals surface area contributed by atoms with Gasteiger partial charge in [-0.25, -0.2) is 0 Å². The molecule has 0 aromatic heterocycles. The number of hydrogen-bond donors (Lipinski definition) is 2. The molecule has 6 heteroatoms. The van der Waals surface area contributed by atoms with E-state index in [-0.39, 0.29) is 11.2 Å². The fraction of sp³-hybridized carbons (Fsp3) is 0.538. The van der Waals surface area contributed by atoms with Gasteiger partial charge in [-0.05, 0) is 17.9 Å². The molecule has 0 spiro atoms. The van der Waals surface area contributed by atoms with Crippen molar-refractivity contribution in [1.82, 2.24) is 5.43 Å². The van der Waals surface area contributed by atoms with Crippen molar-refractivity contribution in [3.8, 4) is 5.75 Å². The van der Waals surface area contributed by atoms with Crippen LogP contribution in [-0.4, -0.2) is 6.36 Å². The maximum absolute atomic E-state index is 12.4. The molecular formula is C13H19F3N2O. The molecule has 19 heavy (non-hydrogen) atoms. The van der Waals surface area contributed by atoms with Crippen LogP contribution in [0.2, 0.25) is 0 Å². The molecule has 0 amide bonds. The molecule has 0 saturated heterocycles. The maximum Gasteiger partial charge on any atom is 0.573 e. The Morgan fingerprint density at radius 3 is 2.26 bits per heavy atom. The van der Waals surface area contributed by atoms with Gasteiger partial charge in [0.05, 0.1) is 6.04 Å². The Labute approximate surface area is 110 Å². The Bertz CT molecular complexity index is 413. The number of para-hydroxylation sites is 1. The van der Waals surface area contributed by atoms with Crippen molar-refractivity contribution in [1.29, 1.82) is 0 Å². The van der Waals surface area contributed by atoms with Crippen LogP contribution in [0.3, 0.4) is 0 Å². The van der Waals surface area contributed by atoms with E-state index in [0.717, 1.165) is 0 Å². The van der Waals surface area contributed by atoms with Crippen LogP contribution in [0.5, 0.6) is 5.75 Å². The normalized spacial score (nSPS) is 14.3. The van der Waals surface area contributed by atoms with E-state index in [4.69, 9.17) is 5.84 Å². The highest BCUT2D eigenvalue weighted by Crippen LogP contribution is 2.35. The minimum atomic E-state index is -4.71. The number of ether oxygens (including phenoxy) is 1. The van der Waals surface area contributed by atoms with E-state index in [2.05, 4.69) is 10.2 Å². The van der Waals surface area contributed by atoms with Crippen molar-refractivity contribution in [3.05, 3.63) is 29.8 Å². The Morgan fingerprint density at radius 1 is 1.21 bits per heavy atom. The van der Waals surface area contributed by atoms with Crippen LogP contribution in [-0.2, 0) is 0 Å². The summed E-state index contributed by atoms with van der Waals surface area (Å²) in [7, 11) is 0. The molecule has 1 atom stereocenters. The lowest BCUT2D eigenvalue weighted by Gasteiger charge is -2.27.